The van der Waals surface area contributed by atoms with Gasteiger partial charge in [-0.2, -0.15) is 0 Å². The van der Waals surface area contributed by atoms with Crippen LogP contribution in [0.2, 0.25) is 5.02 Å². The van der Waals surface area contributed by atoms with Gasteiger partial charge < -0.3 is 5.11 Å². The first-order valence-electron chi connectivity index (χ1n) is 8.37. The highest BCUT2D eigenvalue weighted by atomic mass is 35.5. The molecule has 1 N–H and O–H groups in total. The second-order valence-corrected chi connectivity index (χ2v) is 7.50. The molecule has 3 aromatic rings. The number of nitrogens with zero attached hydrogens (tertiary/aromatic N) is 3. The number of rotatable bonds is 3. The minimum absolute atomic E-state index is 0.0304. The van der Waals surface area contributed by atoms with Crippen molar-refractivity contribution >= 4 is 45.5 Å². The lowest BCUT2D eigenvalue weighted by atomic mass is 9.95. The number of benzene rings is 2. The molecule has 1 saturated heterocycles. The van der Waals surface area contributed by atoms with Crippen molar-refractivity contribution in [3.8, 4) is 0 Å². The predicted molar refractivity (Wildman–Crippen MR) is 107 cm³/mol. The highest BCUT2D eigenvalue weighted by molar-refractivity contribution is 7.13. The van der Waals surface area contributed by atoms with Gasteiger partial charge in [0.25, 0.3) is 5.78 Å². The number of amides is 1. The van der Waals surface area contributed by atoms with Gasteiger partial charge in [0.15, 0.2) is 0 Å². The molecular formula is C20H14ClN3O3S. The lowest BCUT2D eigenvalue weighted by molar-refractivity contribution is -0.132. The number of Topliss-reactive ketones (excluding diaryl/α,β-unsaturated/α-hetero) is 1. The van der Waals surface area contributed by atoms with E-state index in [0.29, 0.717) is 16.1 Å². The van der Waals surface area contributed by atoms with Crippen molar-refractivity contribution in [1.29, 1.82) is 0 Å². The molecule has 0 saturated carbocycles. The molecule has 6 nitrogen and oxygen atoms in total. The molecular weight excluding hydrogens is 398 g/mol. The average Bonchev–Trinajstić information content (AvgIpc) is 3.30. The molecule has 1 aliphatic rings. The first-order valence-corrected chi connectivity index (χ1v) is 9.63. The fourth-order valence-electron chi connectivity index (χ4n) is 3.16. The molecule has 4 rings (SSSR count). The largest absolute Gasteiger partial charge is 0.507 e. The lowest BCUT2D eigenvalue weighted by Crippen LogP contribution is -2.29. The van der Waals surface area contributed by atoms with Gasteiger partial charge in [-0.3, -0.25) is 14.5 Å². The van der Waals surface area contributed by atoms with Crippen LogP contribution in [0.4, 0.5) is 5.13 Å². The Morgan fingerprint density at radius 1 is 1.14 bits per heavy atom. The fraction of sp³-hybridized carbons (Fsp3) is 0.100. The van der Waals surface area contributed by atoms with Gasteiger partial charge >= 0.3 is 5.91 Å². The highest BCUT2D eigenvalue weighted by Gasteiger charge is 2.48. The Balaban J connectivity index is 1.96. The minimum atomic E-state index is -0.900. The van der Waals surface area contributed by atoms with Crippen molar-refractivity contribution in [3.05, 3.63) is 81.3 Å². The number of aliphatic hydroxyl groups is 1. The molecule has 1 aliphatic heterocycles. The van der Waals surface area contributed by atoms with E-state index in [1.54, 1.807) is 36.4 Å². The number of hydrogen-bond acceptors (Lipinski definition) is 6. The topological polar surface area (TPSA) is 83.4 Å². The minimum Gasteiger partial charge on any atom is -0.507 e. The number of anilines is 1. The Morgan fingerprint density at radius 3 is 2.50 bits per heavy atom. The molecule has 2 aromatic carbocycles. The van der Waals surface area contributed by atoms with E-state index in [-0.39, 0.29) is 16.5 Å². The van der Waals surface area contributed by atoms with Gasteiger partial charge in [-0.05, 0) is 18.6 Å². The van der Waals surface area contributed by atoms with Crippen LogP contribution >= 0.6 is 22.9 Å². The second kappa shape index (κ2) is 7.18. The summed E-state index contributed by atoms with van der Waals surface area (Å²) in [6, 6.07) is 13.0. The zero-order chi connectivity index (χ0) is 19.8. The summed E-state index contributed by atoms with van der Waals surface area (Å²) in [6.45, 7) is 1.92. The predicted octanol–water partition coefficient (Wildman–Crippen LogP) is 4.13. The van der Waals surface area contributed by atoms with Crippen LogP contribution in [0.1, 0.15) is 22.7 Å². The van der Waals surface area contributed by atoms with Crippen LogP contribution in [-0.2, 0) is 9.59 Å². The smallest absolute Gasteiger partial charge is 0.301 e. The Labute approximate surface area is 169 Å². The van der Waals surface area contributed by atoms with E-state index in [0.717, 1.165) is 16.9 Å². The number of ketones is 1. The monoisotopic (exact) mass is 411 g/mol. The summed E-state index contributed by atoms with van der Waals surface area (Å²) in [7, 11) is 0. The third-order valence-corrected chi connectivity index (χ3v) is 5.56. The van der Waals surface area contributed by atoms with Gasteiger partial charge in [-0.1, -0.05) is 71.0 Å². The Hall–Kier alpha value is -3.03. The quantitative estimate of drug-likeness (QED) is 0.398. The summed E-state index contributed by atoms with van der Waals surface area (Å²) in [5, 5.41) is 19.3. The van der Waals surface area contributed by atoms with E-state index >= 15 is 0 Å². The molecule has 0 aliphatic carbocycles. The number of hydrogen-bond donors (Lipinski definition) is 1. The molecule has 0 bridgehead atoms. The van der Waals surface area contributed by atoms with Crippen LogP contribution < -0.4 is 4.90 Å². The fourth-order valence-corrected chi connectivity index (χ4v) is 3.98. The van der Waals surface area contributed by atoms with Crippen molar-refractivity contribution in [2.75, 3.05) is 4.90 Å². The normalized spacial score (nSPS) is 18.6. The number of aryl methyl sites for hydroxylation is 1. The van der Waals surface area contributed by atoms with Gasteiger partial charge in [-0.25, -0.2) is 0 Å². The van der Waals surface area contributed by atoms with E-state index in [9.17, 15) is 14.7 Å². The van der Waals surface area contributed by atoms with E-state index in [1.807, 2.05) is 19.1 Å². The molecule has 140 valence electrons. The highest BCUT2D eigenvalue weighted by Crippen LogP contribution is 2.44. The van der Waals surface area contributed by atoms with Gasteiger partial charge in [-0.15, -0.1) is 10.2 Å². The summed E-state index contributed by atoms with van der Waals surface area (Å²) in [5.74, 6) is -1.83. The van der Waals surface area contributed by atoms with E-state index in [1.165, 1.54) is 10.4 Å². The molecule has 1 aromatic heterocycles. The molecule has 28 heavy (non-hydrogen) atoms. The second-order valence-electron chi connectivity index (χ2n) is 6.28. The Morgan fingerprint density at radius 2 is 1.86 bits per heavy atom. The molecule has 8 heteroatoms. The SMILES string of the molecule is Cc1ccc(C(O)=C2C(=O)C(=O)N(c3nncs3)[C@H]2c2ccccc2Cl)cc1. The molecule has 0 radical (unpaired) electrons. The average molecular weight is 412 g/mol. The molecule has 1 fully saturated rings. The molecule has 2 heterocycles. The van der Waals surface area contributed by atoms with E-state index < -0.39 is 17.7 Å². The number of aliphatic hydroxyl groups excluding tert-OH is 1. The Bertz CT molecular complexity index is 1090. The standard InChI is InChI=1S/C20H14ClN3O3S/c1-11-6-8-12(9-7-11)17(25)15-16(13-4-2-3-5-14(13)21)24(19(27)18(15)26)20-23-22-10-28-20/h2-10,16,25H,1H3/t16-/m0/s1. The first-order chi connectivity index (χ1) is 13.5. The van der Waals surface area contributed by atoms with Crippen LogP contribution in [0.5, 0.6) is 0 Å². The van der Waals surface area contributed by atoms with Crippen molar-refractivity contribution < 1.29 is 14.7 Å². The molecule has 1 amide bonds. The van der Waals surface area contributed by atoms with Gasteiger partial charge in [0, 0.05) is 10.6 Å². The van der Waals surface area contributed by atoms with E-state index in [2.05, 4.69) is 10.2 Å². The van der Waals surface area contributed by atoms with Crippen molar-refractivity contribution in [3.63, 3.8) is 0 Å². The summed E-state index contributed by atoms with van der Waals surface area (Å²) in [5.41, 5.74) is 3.41. The van der Waals surface area contributed by atoms with Crippen LogP contribution in [0, 0.1) is 6.92 Å². The summed E-state index contributed by atoms with van der Waals surface area (Å²) < 4.78 is 0. The third-order valence-electron chi connectivity index (χ3n) is 4.52. The first kappa shape index (κ1) is 18.3. The number of carbonyl (C=O) groups excluding carboxylic acids is 2. The van der Waals surface area contributed by atoms with E-state index in [4.69, 9.17) is 11.6 Å². The van der Waals surface area contributed by atoms with Crippen molar-refractivity contribution in [2.24, 2.45) is 0 Å². The van der Waals surface area contributed by atoms with Crippen LogP contribution in [0.3, 0.4) is 0 Å². The Kier molecular flexibility index (Phi) is 4.70. The molecule has 0 spiro atoms. The summed E-state index contributed by atoms with van der Waals surface area (Å²) in [6.07, 6.45) is 0. The lowest BCUT2D eigenvalue weighted by Gasteiger charge is -2.23. The van der Waals surface area contributed by atoms with Crippen molar-refractivity contribution in [1.82, 2.24) is 10.2 Å². The molecule has 1 atom stereocenters. The van der Waals surface area contributed by atoms with Gasteiger partial charge in [0.1, 0.15) is 11.3 Å². The zero-order valence-corrected chi connectivity index (χ0v) is 16.2. The maximum absolute atomic E-state index is 12.9. The maximum Gasteiger partial charge on any atom is 0.301 e. The summed E-state index contributed by atoms with van der Waals surface area (Å²) >= 11 is 7.50. The van der Waals surface area contributed by atoms with Gasteiger partial charge in [0.05, 0.1) is 11.6 Å². The molecule has 0 unspecified atom stereocenters. The number of halogens is 1. The van der Waals surface area contributed by atoms with Crippen LogP contribution in [0.25, 0.3) is 5.76 Å². The zero-order valence-electron chi connectivity index (χ0n) is 14.7. The van der Waals surface area contributed by atoms with Crippen molar-refractivity contribution in [2.45, 2.75) is 13.0 Å². The maximum atomic E-state index is 12.9. The van der Waals surface area contributed by atoms with Crippen LogP contribution in [0.15, 0.2) is 59.6 Å². The number of aromatic nitrogens is 2. The summed E-state index contributed by atoms with van der Waals surface area (Å²) in [4.78, 5) is 27.0. The van der Waals surface area contributed by atoms with Gasteiger partial charge in [0.2, 0.25) is 5.13 Å². The number of carbonyl (C=O) groups is 2. The third kappa shape index (κ3) is 2.98. The van der Waals surface area contributed by atoms with Crippen LogP contribution in [-0.4, -0.2) is 27.0 Å².